The number of benzene rings is 2. The SMILES string of the molecule is CCc1ccc(OCc2cc(C(F)F)ccc2NC(=O)SC)c(C)c1. The summed E-state index contributed by atoms with van der Waals surface area (Å²) in [6.45, 7) is 4.11. The van der Waals surface area contributed by atoms with Crippen molar-refractivity contribution in [2.45, 2.75) is 33.3 Å². The van der Waals surface area contributed by atoms with E-state index in [4.69, 9.17) is 4.74 Å². The van der Waals surface area contributed by atoms with Gasteiger partial charge in [0.25, 0.3) is 11.7 Å². The van der Waals surface area contributed by atoms with E-state index in [1.807, 2.05) is 25.1 Å². The number of aryl methyl sites for hydroxylation is 2. The van der Waals surface area contributed by atoms with Gasteiger partial charge in [0.1, 0.15) is 12.4 Å². The minimum atomic E-state index is -2.57. The standard InChI is InChI=1S/C19H21F2NO2S/c1-4-13-5-8-17(12(2)9-13)24-11-15-10-14(18(20)21)6-7-16(15)22-19(23)25-3/h5-10,18H,4,11H2,1-3H3,(H,22,23). The molecule has 0 spiro atoms. The summed E-state index contributed by atoms with van der Waals surface area (Å²) in [5, 5.41) is 2.44. The molecule has 25 heavy (non-hydrogen) atoms. The number of amides is 1. The number of hydrogen-bond acceptors (Lipinski definition) is 3. The molecule has 0 fully saturated rings. The van der Waals surface area contributed by atoms with Gasteiger partial charge in [-0.3, -0.25) is 4.79 Å². The lowest BCUT2D eigenvalue weighted by atomic mass is 10.1. The Bertz CT molecular complexity index is 750. The monoisotopic (exact) mass is 365 g/mol. The summed E-state index contributed by atoms with van der Waals surface area (Å²) in [6, 6.07) is 10.1. The van der Waals surface area contributed by atoms with E-state index >= 15 is 0 Å². The van der Waals surface area contributed by atoms with Crippen LogP contribution in [0.25, 0.3) is 0 Å². The van der Waals surface area contributed by atoms with Crippen molar-refractivity contribution >= 4 is 22.7 Å². The molecule has 0 aliphatic heterocycles. The number of nitrogens with one attached hydrogen (secondary N) is 1. The van der Waals surface area contributed by atoms with Crippen molar-refractivity contribution in [2.24, 2.45) is 0 Å². The zero-order valence-corrected chi connectivity index (χ0v) is 15.3. The average Bonchev–Trinajstić information content (AvgIpc) is 2.61. The summed E-state index contributed by atoms with van der Waals surface area (Å²) in [6.07, 6.45) is 0.00901. The van der Waals surface area contributed by atoms with Gasteiger partial charge in [0.05, 0.1) is 0 Å². The van der Waals surface area contributed by atoms with Crippen LogP contribution in [-0.2, 0) is 13.0 Å². The van der Waals surface area contributed by atoms with E-state index in [1.165, 1.54) is 23.8 Å². The van der Waals surface area contributed by atoms with Gasteiger partial charge in [-0.1, -0.05) is 36.9 Å². The Balaban J connectivity index is 2.23. The summed E-state index contributed by atoms with van der Waals surface area (Å²) in [4.78, 5) is 11.6. The van der Waals surface area contributed by atoms with E-state index < -0.39 is 6.43 Å². The van der Waals surface area contributed by atoms with Crippen molar-refractivity contribution in [3.05, 3.63) is 58.7 Å². The average molecular weight is 365 g/mol. The number of ether oxygens (including phenoxy) is 1. The molecule has 0 atom stereocenters. The third-order valence-corrected chi connectivity index (χ3v) is 4.31. The van der Waals surface area contributed by atoms with Crippen LogP contribution in [0.4, 0.5) is 19.3 Å². The predicted octanol–water partition coefficient (Wildman–Crippen LogP) is 5.97. The molecule has 2 rings (SSSR count). The highest BCUT2D eigenvalue weighted by Crippen LogP contribution is 2.27. The molecule has 134 valence electrons. The van der Waals surface area contributed by atoms with Crippen LogP contribution in [0.2, 0.25) is 0 Å². The lowest BCUT2D eigenvalue weighted by Crippen LogP contribution is -2.09. The molecule has 0 saturated heterocycles. The second-order valence-corrected chi connectivity index (χ2v) is 6.35. The van der Waals surface area contributed by atoms with Crippen LogP contribution in [-0.4, -0.2) is 11.5 Å². The maximum Gasteiger partial charge on any atom is 0.283 e. The Kier molecular flexibility index (Phi) is 6.82. The Morgan fingerprint density at radius 1 is 1.24 bits per heavy atom. The van der Waals surface area contributed by atoms with Gasteiger partial charge >= 0.3 is 0 Å². The molecule has 1 N–H and O–H groups in total. The minimum absolute atomic E-state index is 0.0941. The van der Waals surface area contributed by atoms with Gasteiger partial charge in [-0.15, -0.1) is 0 Å². The van der Waals surface area contributed by atoms with Crippen molar-refractivity contribution in [2.75, 3.05) is 11.6 Å². The first-order valence-corrected chi connectivity index (χ1v) is 9.15. The number of anilines is 1. The van der Waals surface area contributed by atoms with E-state index in [-0.39, 0.29) is 17.4 Å². The highest BCUT2D eigenvalue weighted by Gasteiger charge is 2.13. The number of thioether (sulfide) groups is 1. The number of rotatable bonds is 6. The van der Waals surface area contributed by atoms with E-state index in [0.717, 1.165) is 23.7 Å². The van der Waals surface area contributed by atoms with Gasteiger partial charge < -0.3 is 10.1 Å². The molecule has 0 radical (unpaired) electrons. The summed E-state index contributed by atoms with van der Waals surface area (Å²) in [5.41, 5.74) is 3.08. The molecule has 0 aromatic heterocycles. The first-order chi connectivity index (χ1) is 11.9. The molecule has 0 heterocycles. The van der Waals surface area contributed by atoms with Crippen molar-refractivity contribution in [1.82, 2.24) is 0 Å². The van der Waals surface area contributed by atoms with Crippen LogP contribution in [0.3, 0.4) is 0 Å². The molecule has 0 aliphatic rings. The van der Waals surface area contributed by atoms with E-state index in [1.54, 1.807) is 6.26 Å². The van der Waals surface area contributed by atoms with Gasteiger partial charge in [0.2, 0.25) is 0 Å². The maximum atomic E-state index is 13.0. The summed E-state index contributed by atoms with van der Waals surface area (Å²) < 4.78 is 31.8. The highest BCUT2D eigenvalue weighted by atomic mass is 32.2. The number of alkyl halides is 2. The smallest absolute Gasteiger partial charge is 0.283 e. The quantitative estimate of drug-likeness (QED) is 0.685. The third-order valence-electron chi connectivity index (χ3n) is 3.83. The van der Waals surface area contributed by atoms with Crippen molar-refractivity contribution < 1.29 is 18.3 Å². The highest BCUT2D eigenvalue weighted by molar-refractivity contribution is 8.13. The fraction of sp³-hybridized carbons (Fsp3) is 0.316. The van der Waals surface area contributed by atoms with Crippen LogP contribution >= 0.6 is 11.8 Å². The Morgan fingerprint density at radius 2 is 2.00 bits per heavy atom. The second kappa shape index (κ2) is 8.85. The Labute approximate surface area is 150 Å². The number of hydrogen-bond donors (Lipinski definition) is 1. The summed E-state index contributed by atoms with van der Waals surface area (Å²) in [7, 11) is 0. The zero-order valence-electron chi connectivity index (χ0n) is 14.4. The third kappa shape index (κ3) is 5.19. The van der Waals surface area contributed by atoms with Crippen molar-refractivity contribution in [3.63, 3.8) is 0 Å². The fourth-order valence-electron chi connectivity index (χ4n) is 2.40. The van der Waals surface area contributed by atoms with Gasteiger partial charge in [-0.2, -0.15) is 0 Å². The Morgan fingerprint density at radius 3 is 2.60 bits per heavy atom. The maximum absolute atomic E-state index is 13.0. The largest absolute Gasteiger partial charge is 0.489 e. The molecular weight excluding hydrogens is 344 g/mol. The van der Waals surface area contributed by atoms with Crippen LogP contribution in [0.1, 0.15) is 35.6 Å². The van der Waals surface area contributed by atoms with Gasteiger partial charge in [0, 0.05) is 16.8 Å². The molecule has 2 aromatic rings. The van der Waals surface area contributed by atoms with Crippen LogP contribution in [0.15, 0.2) is 36.4 Å². The van der Waals surface area contributed by atoms with Crippen LogP contribution < -0.4 is 10.1 Å². The molecule has 0 unspecified atom stereocenters. The van der Waals surface area contributed by atoms with Crippen LogP contribution in [0.5, 0.6) is 5.75 Å². The molecule has 1 amide bonds. The topological polar surface area (TPSA) is 38.3 Å². The second-order valence-electron chi connectivity index (χ2n) is 5.58. The molecule has 0 saturated carbocycles. The van der Waals surface area contributed by atoms with E-state index in [2.05, 4.69) is 12.2 Å². The van der Waals surface area contributed by atoms with Crippen LogP contribution in [0, 0.1) is 6.92 Å². The van der Waals surface area contributed by atoms with E-state index in [0.29, 0.717) is 17.0 Å². The number of halogens is 2. The van der Waals surface area contributed by atoms with Gasteiger partial charge in [0.15, 0.2) is 0 Å². The summed E-state index contributed by atoms with van der Waals surface area (Å²) >= 11 is 1.02. The molecule has 0 aliphatic carbocycles. The minimum Gasteiger partial charge on any atom is -0.489 e. The zero-order chi connectivity index (χ0) is 18.4. The summed E-state index contributed by atoms with van der Waals surface area (Å²) in [5.74, 6) is 0.696. The first kappa shape index (κ1) is 19.2. The first-order valence-electron chi connectivity index (χ1n) is 7.92. The van der Waals surface area contributed by atoms with Gasteiger partial charge in [-0.05, 0) is 48.9 Å². The molecular formula is C19H21F2NO2S. The Hall–Kier alpha value is -2.08. The molecule has 0 bridgehead atoms. The fourth-order valence-corrected chi connectivity index (χ4v) is 2.61. The molecule has 6 heteroatoms. The van der Waals surface area contributed by atoms with E-state index in [9.17, 15) is 13.6 Å². The predicted molar refractivity (Wildman–Crippen MR) is 98.8 cm³/mol. The number of carbonyl (C=O) groups is 1. The van der Waals surface area contributed by atoms with Gasteiger partial charge in [-0.25, -0.2) is 8.78 Å². The van der Waals surface area contributed by atoms with Crippen molar-refractivity contribution in [1.29, 1.82) is 0 Å². The molecule has 2 aromatic carbocycles. The normalized spacial score (nSPS) is 10.8. The lowest BCUT2D eigenvalue weighted by Gasteiger charge is -2.15. The lowest BCUT2D eigenvalue weighted by molar-refractivity contribution is 0.151. The van der Waals surface area contributed by atoms with Crippen molar-refractivity contribution in [3.8, 4) is 5.75 Å². The molecule has 3 nitrogen and oxygen atoms in total. The number of carbonyl (C=O) groups excluding carboxylic acids is 1.